The van der Waals surface area contributed by atoms with Gasteiger partial charge in [-0.1, -0.05) is 0 Å². The number of hydrazine groups is 1. The fourth-order valence-electron chi connectivity index (χ4n) is 2.42. The third kappa shape index (κ3) is 4.54. The van der Waals surface area contributed by atoms with Crippen molar-refractivity contribution in [1.82, 2.24) is 5.01 Å². The molecule has 2 aliphatic rings. The molecule has 2 rings (SSSR count). The van der Waals surface area contributed by atoms with Crippen LogP contribution in [-0.2, 0) is 19.1 Å². The summed E-state index contributed by atoms with van der Waals surface area (Å²) in [6.07, 6.45) is -4.13. The molecule has 0 spiro atoms. The van der Waals surface area contributed by atoms with Gasteiger partial charge in [-0.2, -0.15) is 0 Å². The largest absolute Gasteiger partial charge is 0.461 e. The second kappa shape index (κ2) is 8.63. The topological polar surface area (TPSA) is 207 Å². The van der Waals surface area contributed by atoms with Crippen molar-refractivity contribution in [2.75, 3.05) is 13.2 Å². The lowest BCUT2D eigenvalue weighted by Crippen LogP contribution is -2.54. The van der Waals surface area contributed by atoms with Gasteiger partial charge in [-0.05, 0) is 19.8 Å². The van der Waals surface area contributed by atoms with Gasteiger partial charge in [0.2, 0.25) is 0 Å². The highest BCUT2D eigenvalue weighted by Crippen LogP contribution is 2.26. The molecule has 0 aromatic rings. The third-order valence-corrected chi connectivity index (χ3v) is 4.13. The number of aliphatic imine (C=N–C) groups is 1. The van der Waals surface area contributed by atoms with Crippen LogP contribution in [0.4, 0.5) is 0 Å². The van der Waals surface area contributed by atoms with Gasteiger partial charge in [0.15, 0.2) is 6.23 Å². The first-order chi connectivity index (χ1) is 12.7. The third-order valence-electron chi connectivity index (χ3n) is 4.13. The van der Waals surface area contributed by atoms with Crippen LogP contribution in [0.5, 0.6) is 0 Å². The molecule has 1 saturated carbocycles. The SMILES string of the molecule is CCOC(=O)/C(N)=C(\N)C(=NC1CC1)C(=O)N(N)C1OC(CO)C(O)C1O. The summed E-state index contributed by atoms with van der Waals surface area (Å²) in [4.78, 5) is 28.7. The fourth-order valence-corrected chi connectivity index (χ4v) is 2.42. The summed E-state index contributed by atoms with van der Waals surface area (Å²) in [6.45, 7) is 1.05. The van der Waals surface area contributed by atoms with E-state index in [9.17, 15) is 19.8 Å². The van der Waals surface area contributed by atoms with E-state index in [1.807, 2.05) is 0 Å². The molecule has 1 saturated heterocycles. The molecule has 0 aromatic heterocycles. The van der Waals surface area contributed by atoms with Gasteiger partial charge in [0, 0.05) is 0 Å². The van der Waals surface area contributed by atoms with Crippen LogP contribution < -0.4 is 17.3 Å². The van der Waals surface area contributed by atoms with Crippen molar-refractivity contribution in [3.63, 3.8) is 0 Å². The van der Waals surface area contributed by atoms with Crippen molar-refractivity contribution < 1.29 is 34.4 Å². The molecule has 4 unspecified atom stereocenters. The van der Waals surface area contributed by atoms with E-state index in [0.717, 1.165) is 12.8 Å². The molecule has 12 nitrogen and oxygen atoms in total. The zero-order valence-corrected chi connectivity index (χ0v) is 14.8. The minimum Gasteiger partial charge on any atom is -0.461 e. The summed E-state index contributed by atoms with van der Waals surface area (Å²) >= 11 is 0. The van der Waals surface area contributed by atoms with E-state index in [-0.39, 0.29) is 18.4 Å². The van der Waals surface area contributed by atoms with Crippen LogP contribution in [-0.4, -0.2) is 81.7 Å². The van der Waals surface area contributed by atoms with Crippen LogP contribution in [0.2, 0.25) is 0 Å². The Labute approximate surface area is 155 Å². The van der Waals surface area contributed by atoms with E-state index in [0.29, 0.717) is 5.01 Å². The Bertz CT molecular complexity index is 648. The second-order valence-corrected chi connectivity index (χ2v) is 6.20. The predicted molar refractivity (Wildman–Crippen MR) is 91.3 cm³/mol. The van der Waals surface area contributed by atoms with Gasteiger partial charge in [-0.25, -0.2) is 15.6 Å². The Morgan fingerprint density at radius 1 is 1.22 bits per heavy atom. The number of hydrogen-bond acceptors (Lipinski definition) is 11. The van der Waals surface area contributed by atoms with E-state index >= 15 is 0 Å². The van der Waals surface area contributed by atoms with Gasteiger partial charge in [-0.15, -0.1) is 0 Å². The second-order valence-electron chi connectivity index (χ2n) is 6.20. The molecular formula is C15H25N5O7. The van der Waals surface area contributed by atoms with E-state index < -0.39 is 54.4 Å². The molecule has 12 heteroatoms. The lowest BCUT2D eigenvalue weighted by Gasteiger charge is -2.26. The molecule has 27 heavy (non-hydrogen) atoms. The van der Waals surface area contributed by atoms with Gasteiger partial charge in [0.25, 0.3) is 5.91 Å². The zero-order chi connectivity index (χ0) is 20.3. The summed E-state index contributed by atoms with van der Waals surface area (Å²) in [5.41, 5.74) is 10.2. The summed E-state index contributed by atoms with van der Waals surface area (Å²) < 4.78 is 9.97. The molecule has 0 aromatic carbocycles. The van der Waals surface area contributed by atoms with Crippen LogP contribution >= 0.6 is 0 Å². The summed E-state index contributed by atoms with van der Waals surface area (Å²) in [7, 11) is 0. The number of amides is 1. The van der Waals surface area contributed by atoms with E-state index in [1.165, 1.54) is 0 Å². The normalized spacial score (nSPS) is 29.3. The highest BCUT2D eigenvalue weighted by atomic mass is 16.6. The monoisotopic (exact) mass is 387 g/mol. The summed E-state index contributed by atoms with van der Waals surface area (Å²) in [5.74, 6) is 3.87. The minimum atomic E-state index is -1.56. The predicted octanol–water partition coefficient (Wildman–Crippen LogP) is -3.58. The smallest absolute Gasteiger partial charge is 0.356 e. The van der Waals surface area contributed by atoms with Crippen LogP contribution in [0.25, 0.3) is 0 Å². The number of rotatable bonds is 7. The van der Waals surface area contributed by atoms with Crippen molar-refractivity contribution >= 4 is 17.6 Å². The van der Waals surface area contributed by atoms with E-state index in [4.69, 9.17) is 31.9 Å². The molecule has 0 radical (unpaired) electrons. The maximum absolute atomic E-state index is 12.8. The quantitative estimate of drug-likeness (QED) is 0.0632. The molecular weight excluding hydrogens is 362 g/mol. The standard InChI is InChI=1S/C15H25N5O7/c1-2-26-15(25)9(17)8(16)10(19-6-3-4-6)13(24)20(18)14-12(23)11(22)7(5-21)27-14/h6-7,11-12,14,21-23H,2-5,16-18H2,1H3/b9-8+,19-10?. The van der Waals surface area contributed by atoms with Crippen LogP contribution in [0.3, 0.4) is 0 Å². The molecule has 0 bridgehead atoms. The number of aliphatic hydroxyl groups is 3. The van der Waals surface area contributed by atoms with Crippen molar-refractivity contribution in [1.29, 1.82) is 0 Å². The van der Waals surface area contributed by atoms with E-state index in [2.05, 4.69) is 4.99 Å². The van der Waals surface area contributed by atoms with Gasteiger partial charge >= 0.3 is 5.97 Å². The highest BCUT2D eigenvalue weighted by Gasteiger charge is 2.47. The number of carbonyl (C=O) groups excluding carboxylic acids is 2. The van der Waals surface area contributed by atoms with Crippen molar-refractivity contribution in [3.8, 4) is 0 Å². The number of nitrogens with zero attached hydrogens (tertiary/aromatic N) is 2. The number of nitrogens with two attached hydrogens (primary N) is 3. The van der Waals surface area contributed by atoms with Crippen LogP contribution in [0, 0.1) is 0 Å². The van der Waals surface area contributed by atoms with Gasteiger partial charge in [-0.3, -0.25) is 9.79 Å². The molecule has 152 valence electrons. The van der Waals surface area contributed by atoms with Crippen molar-refractivity contribution in [2.45, 2.75) is 50.3 Å². The Balaban J connectivity index is 2.28. The maximum atomic E-state index is 12.8. The fraction of sp³-hybridized carbons (Fsp3) is 0.667. The first-order valence-electron chi connectivity index (χ1n) is 8.44. The molecule has 4 atom stereocenters. The number of hydrogen-bond donors (Lipinski definition) is 6. The molecule has 1 aliphatic carbocycles. The van der Waals surface area contributed by atoms with Gasteiger partial charge in [0.05, 0.1) is 25.0 Å². The summed E-state index contributed by atoms with van der Waals surface area (Å²) in [6, 6.07) is -0.170. The first-order valence-corrected chi connectivity index (χ1v) is 8.44. The Kier molecular flexibility index (Phi) is 6.73. The van der Waals surface area contributed by atoms with E-state index in [1.54, 1.807) is 6.92 Å². The molecule has 1 aliphatic heterocycles. The Morgan fingerprint density at radius 2 is 1.85 bits per heavy atom. The zero-order valence-electron chi connectivity index (χ0n) is 14.8. The Morgan fingerprint density at radius 3 is 2.33 bits per heavy atom. The Hall–Kier alpha value is -2.25. The number of aliphatic hydroxyl groups excluding tert-OH is 3. The average molecular weight is 387 g/mol. The minimum absolute atomic E-state index is 0.0570. The van der Waals surface area contributed by atoms with Gasteiger partial charge in [0.1, 0.15) is 29.7 Å². The lowest BCUT2D eigenvalue weighted by molar-refractivity contribution is -0.146. The van der Waals surface area contributed by atoms with Crippen molar-refractivity contribution in [3.05, 3.63) is 11.4 Å². The maximum Gasteiger partial charge on any atom is 0.356 e. The van der Waals surface area contributed by atoms with Gasteiger partial charge < -0.3 is 36.3 Å². The number of ether oxygens (including phenoxy) is 2. The van der Waals surface area contributed by atoms with Crippen LogP contribution in [0.1, 0.15) is 19.8 Å². The number of carbonyl (C=O) groups is 2. The highest BCUT2D eigenvalue weighted by molar-refractivity contribution is 6.45. The number of esters is 1. The average Bonchev–Trinajstić information content (AvgIpc) is 3.43. The molecule has 1 heterocycles. The molecule has 9 N–H and O–H groups in total. The first kappa shape index (κ1) is 21.1. The molecule has 2 fully saturated rings. The summed E-state index contributed by atoms with van der Waals surface area (Å²) in [5, 5.41) is 29.5. The molecule has 1 amide bonds. The van der Waals surface area contributed by atoms with Crippen molar-refractivity contribution in [2.24, 2.45) is 22.3 Å². The van der Waals surface area contributed by atoms with Crippen LogP contribution in [0.15, 0.2) is 16.4 Å². The lowest BCUT2D eigenvalue weighted by atomic mass is 10.1.